The Labute approximate surface area is 127 Å². The summed E-state index contributed by atoms with van der Waals surface area (Å²) in [6.45, 7) is 6.68. The van der Waals surface area contributed by atoms with Gasteiger partial charge in [0, 0.05) is 25.7 Å². The fourth-order valence-corrected chi connectivity index (χ4v) is 2.76. The molecule has 1 aliphatic heterocycles. The number of hydrogen-bond donors (Lipinski definition) is 2. The molecule has 1 saturated heterocycles. The van der Waals surface area contributed by atoms with E-state index in [-0.39, 0.29) is 5.91 Å². The predicted octanol–water partition coefficient (Wildman–Crippen LogP) is 1.87. The van der Waals surface area contributed by atoms with E-state index in [0.29, 0.717) is 11.0 Å². The van der Waals surface area contributed by atoms with Crippen LogP contribution in [0.5, 0.6) is 0 Å². The normalized spacial score (nSPS) is 18.4. The quantitative estimate of drug-likeness (QED) is 0.870. The summed E-state index contributed by atoms with van der Waals surface area (Å²) in [5.41, 5.74) is 2.34. The molecule has 0 radical (unpaired) electrons. The molecule has 2 N–H and O–H groups in total. The van der Waals surface area contributed by atoms with E-state index in [1.165, 1.54) is 31.5 Å². The van der Waals surface area contributed by atoms with Gasteiger partial charge in [-0.1, -0.05) is 19.1 Å². The molecule has 0 spiro atoms. The van der Waals surface area contributed by atoms with Crippen LogP contribution in [0.25, 0.3) is 0 Å². The van der Waals surface area contributed by atoms with Crippen LogP contribution >= 0.6 is 0 Å². The lowest BCUT2D eigenvalue weighted by Crippen LogP contribution is -2.41. The molecule has 1 aromatic carbocycles. The van der Waals surface area contributed by atoms with Crippen molar-refractivity contribution in [2.45, 2.75) is 26.3 Å². The highest BCUT2D eigenvalue weighted by Gasteiger charge is 2.28. The summed E-state index contributed by atoms with van der Waals surface area (Å²) >= 11 is 0. The van der Waals surface area contributed by atoms with Crippen LogP contribution in [0.1, 0.15) is 35.7 Å². The minimum absolute atomic E-state index is 0.0339. The lowest BCUT2D eigenvalue weighted by Gasteiger charge is -2.38. The largest absolute Gasteiger partial charge is 0.355 e. The van der Waals surface area contributed by atoms with Gasteiger partial charge < -0.3 is 15.5 Å². The van der Waals surface area contributed by atoms with Crippen LogP contribution in [0.4, 0.5) is 0 Å². The van der Waals surface area contributed by atoms with E-state index < -0.39 is 0 Å². The Morgan fingerprint density at radius 3 is 2.43 bits per heavy atom. The zero-order valence-corrected chi connectivity index (χ0v) is 13.4. The van der Waals surface area contributed by atoms with Crippen molar-refractivity contribution in [1.29, 1.82) is 0 Å². The maximum atomic E-state index is 11.5. The first-order chi connectivity index (χ1) is 10.0. The second-order valence-electron chi connectivity index (χ2n) is 6.49. The van der Waals surface area contributed by atoms with Gasteiger partial charge in [0.2, 0.25) is 0 Å². The van der Waals surface area contributed by atoms with Gasteiger partial charge in [0.25, 0.3) is 5.91 Å². The Morgan fingerprint density at radius 1 is 1.24 bits per heavy atom. The van der Waals surface area contributed by atoms with Crippen molar-refractivity contribution in [2.75, 3.05) is 33.7 Å². The molecule has 21 heavy (non-hydrogen) atoms. The first-order valence-electron chi connectivity index (χ1n) is 7.73. The average Bonchev–Trinajstić information content (AvgIpc) is 2.50. The first-order valence-corrected chi connectivity index (χ1v) is 7.73. The molecule has 1 fully saturated rings. The van der Waals surface area contributed by atoms with E-state index in [4.69, 9.17) is 0 Å². The van der Waals surface area contributed by atoms with E-state index in [1.54, 1.807) is 7.05 Å². The van der Waals surface area contributed by atoms with Crippen molar-refractivity contribution in [1.82, 2.24) is 15.5 Å². The number of hydrogen-bond acceptors (Lipinski definition) is 3. The van der Waals surface area contributed by atoms with Crippen LogP contribution < -0.4 is 10.6 Å². The highest BCUT2D eigenvalue weighted by atomic mass is 16.1. The molecule has 1 aromatic rings. The van der Waals surface area contributed by atoms with Crippen LogP contribution in [0, 0.1) is 5.41 Å². The molecule has 1 aliphatic rings. The van der Waals surface area contributed by atoms with E-state index in [1.807, 2.05) is 24.3 Å². The second-order valence-corrected chi connectivity index (χ2v) is 6.49. The van der Waals surface area contributed by atoms with E-state index in [0.717, 1.165) is 13.1 Å². The summed E-state index contributed by atoms with van der Waals surface area (Å²) in [5, 5.41) is 6.21. The Balaban J connectivity index is 1.79. The maximum absolute atomic E-state index is 11.5. The maximum Gasteiger partial charge on any atom is 0.251 e. The van der Waals surface area contributed by atoms with Gasteiger partial charge in [-0.2, -0.15) is 0 Å². The molecule has 116 valence electrons. The third-order valence-corrected chi connectivity index (χ3v) is 4.52. The molecule has 0 unspecified atom stereocenters. The Kier molecular flexibility index (Phi) is 5.37. The molecule has 2 rings (SSSR count). The summed E-state index contributed by atoms with van der Waals surface area (Å²) in [4.78, 5) is 13.9. The van der Waals surface area contributed by atoms with Crippen molar-refractivity contribution < 1.29 is 4.79 Å². The van der Waals surface area contributed by atoms with Gasteiger partial charge in [0.15, 0.2) is 0 Å². The molecule has 0 aromatic heterocycles. The molecule has 4 nitrogen and oxygen atoms in total. The van der Waals surface area contributed by atoms with Crippen molar-refractivity contribution in [3.8, 4) is 0 Å². The van der Waals surface area contributed by atoms with Crippen molar-refractivity contribution in [3.63, 3.8) is 0 Å². The van der Waals surface area contributed by atoms with Crippen molar-refractivity contribution >= 4 is 5.91 Å². The minimum atomic E-state index is -0.0339. The van der Waals surface area contributed by atoms with Gasteiger partial charge in [-0.15, -0.1) is 0 Å². The Morgan fingerprint density at radius 2 is 1.86 bits per heavy atom. The van der Waals surface area contributed by atoms with Crippen LogP contribution in [0.2, 0.25) is 0 Å². The van der Waals surface area contributed by atoms with Crippen molar-refractivity contribution in [3.05, 3.63) is 35.4 Å². The predicted molar refractivity (Wildman–Crippen MR) is 86.4 cm³/mol. The van der Waals surface area contributed by atoms with Crippen LogP contribution in [-0.4, -0.2) is 44.5 Å². The minimum Gasteiger partial charge on any atom is -0.355 e. The zero-order chi connectivity index (χ0) is 15.3. The number of nitrogens with one attached hydrogen (secondary N) is 2. The van der Waals surface area contributed by atoms with Gasteiger partial charge in [-0.3, -0.25) is 4.79 Å². The molecule has 1 heterocycles. The number of piperidine rings is 1. The SMILES string of the molecule is CNC(=O)c1ccc(CNCC2(C)CCN(C)CC2)cc1. The van der Waals surface area contributed by atoms with Crippen LogP contribution in [-0.2, 0) is 6.54 Å². The Bertz CT molecular complexity index is 461. The summed E-state index contributed by atoms with van der Waals surface area (Å²) in [6, 6.07) is 7.81. The highest BCUT2D eigenvalue weighted by Crippen LogP contribution is 2.29. The van der Waals surface area contributed by atoms with Gasteiger partial charge in [0.1, 0.15) is 0 Å². The van der Waals surface area contributed by atoms with Gasteiger partial charge in [-0.25, -0.2) is 0 Å². The van der Waals surface area contributed by atoms with E-state index in [2.05, 4.69) is 29.5 Å². The second kappa shape index (κ2) is 7.05. The van der Waals surface area contributed by atoms with Gasteiger partial charge in [0.05, 0.1) is 0 Å². The number of nitrogens with zero attached hydrogens (tertiary/aromatic N) is 1. The third-order valence-electron chi connectivity index (χ3n) is 4.52. The number of amides is 1. The topological polar surface area (TPSA) is 44.4 Å². The van der Waals surface area contributed by atoms with Crippen LogP contribution in [0.3, 0.4) is 0 Å². The lowest BCUT2D eigenvalue weighted by atomic mass is 9.80. The smallest absolute Gasteiger partial charge is 0.251 e. The summed E-state index contributed by atoms with van der Waals surface area (Å²) in [6.07, 6.45) is 2.51. The summed E-state index contributed by atoms with van der Waals surface area (Å²) in [7, 11) is 3.85. The molecule has 0 aliphatic carbocycles. The van der Waals surface area contributed by atoms with Crippen LogP contribution in [0.15, 0.2) is 24.3 Å². The number of likely N-dealkylation sites (tertiary alicyclic amines) is 1. The fourth-order valence-electron chi connectivity index (χ4n) is 2.76. The van der Waals surface area contributed by atoms with Gasteiger partial charge >= 0.3 is 0 Å². The monoisotopic (exact) mass is 289 g/mol. The molecule has 0 atom stereocenters. The number of benzene rings is 1. The fraction of sp³-hybridized carbons (Fsp3) is 0.588. The molecular weight excluding hydrogens is 262 g/mol. The number of rotatable bonds is 5. The Hall–Kier alpha value is -1.39. The molecule has 1 amide bonds. The summed E-state index contributed by atoms with van der Waals surface area (Å²) < 4.78 is 0. The first kappa shape index (κ1) is 16.0. The molecule has 4 heteroatoms. The zero-order valence-electron chi connectivity index (χ0n) is 13.4. The molecule has 0 bridgehead atoms. The van der Waals surface area contributed by atoms with Gasteiger partial charge in [-0.05, 0) is 56.1 Å². The average molecular weight is 289 g/mol. The number of carbonyl (C=O) groups excluding carboxylic acids is 1. The molecular formula is C17H27N3O. The van der Waals surface area contributed by atoms with E-state index in [9.17, 15) is 4.79 Å². The summed E-state index contributed by atoms with van der Waals surface area (Å²) in [5.74, 6) is -0.0339. The highest BCUT2D eigenvalue weighted by molar-refractivity contribution is 5.93. The van der Waals surface area contributed by atoms with E-state index >= 15 is 0 Å². The molecule has 0 saturated carbocycles. The standard InChI is InChI=1S/C17H27N3O/c1-17(8-10-20(3)11-9-17)13-19-12-14-4-6-15(7-5-14)16(21)18-2/h4-7,19H,8-13H2,1-3H3,(H,18,21). The van der Waals surface area contributed by atoms with Crippen molar-refractivity contribution in [2.24, 2.45) is 5.41 Å². The number of carbonyl (C=O) groups is 1. The third kappa shape index (κ3) is 4.55. The lowest BCUT2D eigenvalue weighted by molar-refractivity contribution is 0.0963.